The Labute approximate surface area is 111 Å². The molecule has 0 spiro atoms. The molecule has 0 radical (unpaired) electrons. The molecule has 5 nitrogen and oxygen atoms in total. The quantitative estimate of drug-likeness (QED) is 0.928. The van der Waals surface area contributed by atoms with Crippen LogP contribution in [0.15, 0.2) is 50.5 Å². The van der Waals surface area contributed by atoms with Crippen LogP contribution in [0, 0.1) is 0 Å². The van der Waals surface area contributed by atoms with Crippen LogP contribution < -0.4 is 15.9 Å². The third-order valence-electron chi connectivity index (χ3n) is 2.27. The SMILES string of the molecule is O=c1ccc(=O)n(CCOc2cccc(Br)c2)[nH]1. The minimum Gasteiger partial charge on any atom is -0.492 e. The predicted molar refractivity (Wildman–Crippen MR) is 71.0 cm³/mol. The van der Waals surface area contributed by atoms with Gasteiger partial charge in [-0.3, -0.25) is 14.7 Å². The minimum atomic E-state index is -0.308. The molecule has 0 fully saturated rings. The molecule has 1 aromatic heterocycles. The second kappa shape index (κ2) is 5.68. The summed E-state index contributed by atoms with van der Waals surface area (Å²) in [6.07, 6.45) is 0. The zero-order valence-corrected chi connectivity index (χ0v) is 11.0. The van der Waals surface area contributed by atoms with Crippen molar-refractivity contribution in [1.29, 1.82) is 0 Å². The lowest BCUT2D eigenvalue weighted by atomic mass is 10.3. The van der Waals surface area contributed by atoms with Gasteiger partial charge in [0.25, 0.3) is 11.1 Å². The molecular formula is C12H11BrN2O3. The maximum absolute atomic E-state index is 11.4. The molecule has 0 aliphatic rings. The Morgan fingerprint density at radius 3 is 2.83 bits per heavy atom. The molecule has 0 unspecified atom stereocenters. The first-order valence-electron chi connectivity index (χ1n) is 5.34. The topological polar surface area (TPSA) is 64.1 Å². The Kier molecular flexibility index (Phi) is 3.99. The molecule has 1 N–H and O–H groups in total. The molecule has 0 bridgehead atoms. The first kappa shape index (κ1) is 12.6. The number of aromatic nitrogens is 2. The normalized spacial score (nSPS) is 10.3. The Bertz CT molecular complexity index is 648. The monoisotopic (exact) mass is 310 g/mol. The summed E-state index contributed by atoms with van der Waals surface area (Å²) in [4.78, 5) is 22.5. The highest BCUT2D eigenvalue weighted by Crippen LogP contribution is 2.17. The number of nitrogens with one attached hydrogen (secondary N) is 1. The zero-order chi connectivity index (χ0) is 13.0. The summed E-state index contributed by atoms with van der Waals surface area (Å²) >= 11 is 3.34. The number of halogens is 1. The van der Waals surface area contributed by atoms with Gasteiger partial charge in [-0.25, -0.2) is 4.68 Å². The van der Waals surface area contributed by atoms with Gasteiger partial charge in [0.1, 0.15) is 12.4 Å². The Morgan fingerprint density at radius 2 is 2.06 bits per heavy atom. The van der Waals surface area contributed by atoms with Gasteiger partial charge in [-0.15, -0.1) is 0 Å². The Hall–Kier alpha value is -1.82. The second-order valence-corrected chi connectivity index (χ2v) is 4.52. The average Bonchev–Trinajstić information content (AvgIpc) is 2.34. The molecule has 2 rings (SSSR count). The second-order valence-electron chi connectivity index (χ2n) is 3.61. The highest BCUT2D eigenvalue weighted by atomic mass is 79.9. The van der Waals surface area contributed by atoms with E-state index in [1.807, 2.05) is 24.3 Å². The molecule has 2 aromatic rings. The Morgan fingerprint density at radius 1 is 1.22 bits per heavy atom. The fraction of sp³-hybridized carbons (Fsp3) is 0.167. The zero-order valence-electron chi connectivity index (χ0n) is 9.43. The summed E-state index contributed by atoms with van der Waals surface area (Å²) in [5.41, 5.74) is -0.565. The summed E-state index contributed by atoms with van der Waals surface area (Å²) in [6.45, 7) is 0.595. The third-order valence-corrected chi connectivity index (χ3v) is 2.76. The van der Waals surface area contributed by atoms with Gasteiger partial charge in [0.2, 0.25) is 0 Å². The van der Waals surface area contributed by atoms with Crippen LogP contribution in [-0.2, 0) is 6.54 Å². The Balaban J connectivity index is 1.98. The van der Waals surface area contributed by atoms with Gasteiger partial charge in [-0.1, -0.05) is 22.0 Å². The van der Waals surface area contributed by atoms with Crippen molar-refractivity contribution in [3.8, 4) is 5.75 Å². The van der Waals surface area contributed by atoms with Crippen LogP contribution in [0.1, 0.15) is 0 Å². The van der Waals surface area contributed by atoms with E-state index in [1.54, 1.807) is 0 Å². The van der Waals surface area contributed by atoms with E-state index < -0.39 is 0 Å². The van der Waals surface area contributed by atoms with Gasteiger partial charge in [0, 0.05) is 16.6 Å². The maximum atomic E-state index is 11.4. The molecule has 6 heteroatoms. The third kappa shape index (κ3) is 3.33. The molecule has 1 heterocycles. The lowest BCUT2D eigenvalue weighted by Gasteiger charge is -2.07. The average molecular weight is 311 g/mol. The number of nitrogens with zero attached hydrogens (tertiary/aromatic N) is 1. The maximum Gasteiger partial charge on any atom is 0.265 e. The van der Waals surface area contributed by atoms with Crippen LogP contribution in [0.5, 0.6) is 5.75 Å². The largest absolute Gasteiger partial charge is 0.492 e. The molecular weight excluding hydrogens is 300 g/mol. The number of H-pyrrole nitrogens is 1. The van der Waals surface area contributed by atoms with Gasteiger partial charge < -0.3 is 4.74 Å². The van der Waals surface area contributed by atoms with Crippen molar-refractivity contribution in [2.75, 3.05) is 6.61 Å². The number of ether oxygens (including phenoxy) is 1. The van der Waals surface area contributed by atoms with E-state index in [2.05, 4.69) is 21.0 Å². The first-order chi connectivity index (χ1) is 8.65. The molecule has 0 amide bonds. The highest BCUT2D eigenvalue weighted by Gasteiger charge is 1.98. The van der Waals surface area contributed by atoms with E-state index in [4.69, 9.17) is 4.74 Å². The van der Waals surface area contributed by atoms with E-state index in [9.17, 15) is 9.59 Å². The summed E-state index contributed by atoms with van der Waals surface area (Å²) in [7, 11) is 0. The fourth-order valence-electron chi connectivity index (χ4n) is 1.44. The molecule has 0 saturated heterocycles. The molecule has 94 valence electrons. The van der Waals surface area contributed by atoms with E-state index in [0.717, 1.165) is 4.47 Å². The molecule has 0 aliphatic heterocycles. The predicted octanol–water partition coefficient (Wildman–Crippen LogP) is 1.38. The van der Waals surface area contributed by atoms with Crippen molar-refractivity contribution < 1.29 is 4.74 Å². The van der Waals surface area contributed by atoms with Crippen molar-refractivity contribution >= 4 is 15.9 Å². The van der Waals surface area contributed by atoms with E-state index in [0.29, 0.717) is 18.9 Å². The lowest BCUT2D eigenvalue weighted by Crippen LogP contribution is -2.29. The van der Waals surface area contributed by atoms with E-state index >= 15 is 0 Å². The van der Waals surface area contributed by atoms with Crippen LogP contribution in [0.2, 0.25) is 0 Å². The fourth-order valence-corrected chi connectivity index (χ4v) is 1.82. The van der Waals surface area contributed by atoms with Crippen molar-refractivity contribution in [3.05, 3.63) is 61.6 Å². The number of hydrogen-bond acceptors (Lipinski definition) is 3. The first-order valence-corrected chi connectivity index (χ1v) is 6.13. The van der Waals surface area contributed by atoms with Crippen LogP contribution in [0.4, 0.5) is 0 Å². The molecule has 0 saturated carbocycles. The molecule has 18 heavy (non-hydrogen) atoms. The van der Waals surface area contributed by atoms with E-state index in [-0.39, 0.29) is 11.1 Å². The van der Waals surface area contributed by atoms with Crippen LogP contribution in [0.3, 0.4) is 0 Å². The lowest BCUT2D eigenvalue weighted by molar-refractivity contribution is 0.287. The van der Waals surface area contributed by atoms with Gasteiger partial charge in [0.15, 0.2) is 0 Å². The van der Waals surface area contributed by atoms with Crippen LogP contribution >= 0.6 is 15.9 Å². The summed E-state index contributed by atoms with van der Waals surface area (Å²) < 4.78 is 7.62. The van der Waals surface area contributed by atoms with Crippen LogP contribution in [-0.4, -0.2) is 16.4 Å². The van der Waals surface area contributed by atoms with Crippen molar-refractivity contribution in [2.45, 2.75) is 6.54 Å². The summed E-state index contributed by atoms with van der Waals surface area (Å²) in [5.74, 6) is 0.704. The number of benzene rings is 1. The highest BCUT2D eigenvalue weighted by molar-refractivity contribution is 9.10. The van der Waals surface area contributed by atoms with Gasteiger partial charge in [-0.2, -0.15) is 0 Å². The summed E-state index contributed by atoms with van der Waals surface area (Å²) in [5, 5.41) is 2.43. The number of hydrogen-bond donors (Lipinski definition) is 1. The van der Waals surface area contributed by atoms with Gasteiger partial charge in [-0.05, 0) is 18.2 Å². The minimum absolute atomic E-state index is 0.257. The van der Waals surface area contributed by atoms with Crippen LogP contribution in [0.25, 0.3) is 0 Å². The summed E-state index contributed by atoms with van der Waals surface area (Å²) in [6, 6.07) is 9.84. The van der Waals surface area contributed by atoms with Crippen molar-refractivity contribution in [2.24, 2.45) is 0 Å². The molecule has 0 aliphatic carbocycles. The van der Waals surface area contributed by atoms with Crippen molar-refractivity contribution in [3.63, 3.8) is 0 Å². The van der Waals surface area contributed by atoms with E-state index in [1.165, 1.54) is 16.8 Å². The van der Waals surface area contributed by atoms with Gasteiger partial charge >= 0.3 is 0 Å². The smallest absolute Gasteiger partial charge is 0.265 e. The standard InChI is InChI=1S/C12H11BrN2O3/c13-9-2-1-3-10(8-9)18-7-6-15-12(17)5-4-11(16)14-15/h1-5,8H,6-7H2,(H,14,16). The van der Waals surface area contributed by atoms with Gasteiger partial charge in [0.05, 0.1) is 6.54 Å². The molecule has 1 aromatic carbocycles. The van der Waals surface area contributed by atoms with Crippen molar-refractivity contribution in [1.82, 2.24) is 9.78 Å². The number of rotatable bonds is 4. The number of aromatic amines is 1. The molecule has 0 atom stereocenters.